The van der Waals surface area contributed by atoms with Crippen LogP contribution in [0.1, 0.15) is 56.0 Å². The van der Waals surface area contributed by atoms with Crippen molar-refractivity contribution in [2.45, 2.75) is 44.1 Å². The Morgan fingerprint density at radius 2 is 1.74 bits per heavy atom. The summed E-state index contributed by atoms with van der Waals surface area (Å²) in [6, 6.07) is 10.1. The van der Waals surface area contributed by atoms with Gasteiger partial charge in [-0.15, -0.1) is 11.3 Å². The number of hydrogen-bond donors (Lipinski definition) is 4. The molecule has 0 amide bonds. The van der Waals surface area contributed by atoms with Crippen molar-refractivity contribution < 1.29 is 51.3 Å². The number of fused-ring (bicyclic) bond motifs is 1. The normalized spacial score (nSPS) is 16.0. The molecule has 0 saturated carbocycles. The Labute approximate surface area is 259 Å². The van der Waals surface area contributed by atoms with E-state index in [2.05, 4.69) is 20.3 Å². The standard InChI is InChI=1S/C27H20F3N5O3S.C2HF3O2/c1-14-9-20(34-23(10-14)35-22-11-15(6-8-32-22)27(28,29)30)21-13-33-25(39-21)26(38)7-2-3-16-18(12-31)17(24(36)37)4-5-19(16)26;3-2(4,5)1(6)7/h4-6,8-11,13,38H,2-3,7H2,1H3,(H,36,37)(H,32,34,35);(H,6,7). The van der Waals surface area contributed by atoms with Crippen LogP contribution in [0.2, 0.25) is 0 Å². The van der Waals surface area contributed by atoms with Crippen molar-refractivity contribution in [3.8, 4) is 16.6 Å². The lowest BCUT2D eigenvalue weighted by Crippen LogP contribution is -2.32. The maximum absolute atomic E-state index is 13.1. The quantitative estimate of drug-likeness (QED) is 0.174. The third-order valence-corrected chi connectivity index (χ3v) is 7.90. The zero-order valence-electron chi connectivity index (χ0n) is 23.4. The minimum absolute atomic E-state index is 0.0129. The number of thiazole rings is 1. The van der Waals surface area contributed by atoms with E-state index in [-0.39, 0.29) is 22.8 Å². The molecule has 1 unspecified atom stereocenters. The molecule has 5 rings (SSSR count). The van der Waals surface area contributed by atoms with Crippen molar-refractivity contribution in [1.29, 1.82) is 5.26 Å². The van der Waals surface area contributed by atoms with E-state index < -0.39 is 35.5 Å². The lowest BCUT2D eigenvalue weighted by molar-refractivity contribution is -0.192. The van der Waals surface area contributed by atoms with Gasteiger partial charge in [-0.2, -0.15) is 31.6 Å². The van der Waals surface area contributed by atoms with E-state index in [9.17, 15) is 46.6 Å². The van der Waals surface area contributed by atoms with E-state index in [1.54, 1.807) is 18.3 Å². The molecule has 0 radical (unpaired) electrons. The maximum Gasteiger partial charge on any atom is 0.490 e. The highest BCUT2D eigenvalue weighted by Crippen LogP contribution is 2.45. The zero-order valence-corrected chi connectivity index (χ0v) is 24.2. The number of carbonyl (C=O) groups is 2. The van der Waals surface area contributed by atoms with E-state index in [0.717, 1.165) is 23.9 Å². The molecule has 4 aromatic rings. The van der Waals surface area contributed by atoms with Crippen molar-refractivity contribution in [3.05, 3.63) is 87.2 Å². The maximum atomic E-state index is 13.1. The average molecular weight is 666 g/mol. The molecule has 240 valence electrons. The fraction of sp³-hybridized carbons (Fsp3) is 0.241. The van der Waals surface area contributed by atoms with Gasteiger partial charge < -0.3 is 20.6 Å². The molecule has 0 spiro atoms. The number of nitriles is 1. The van der Waals surface area contributed by atoms with Crippen LogP contribution in [0, 0.1) is 18.3 Å². The summed E-state index contributed by atoms with van der Waals surface area (Å²) in [6.45, 7) is 1.81. The summed E-state index contributed by atoms with van der Waals surface area (Å²) in [5.74, 6) is -3.70. The number of benzene rings is 1. The molecule has 4 N–H and O–H groups in total. The van der Waals surface area contributed by atoms with Crippen LogP contribution in [-0.4, -0.2) is 48.4 Å². The third-order valence-electron chi connectivity index (χ3n) is 6.73. The topological polar surface area (TPSA) is 169 Å². The van der Waals surface area contributed by atoms with Gasteiger partial charge in [0.2, 0.25) is 0 Å². The zero-order chi connectivity index (χ0) is 34.0. The Balaban J connectivity index is 0.000000617. The fourth-order valence-corrected chi connectivity index (χ4v) is 5.74. The minimum Gasteiger partial charge on any atom is -0.478 e. The van der Waals surface area contributed by atoms with Gasteiger partial charge in [0, 0.05) is 12.4 Å². The van der Waals surface area contributed by atoms with Gasteiger partial charge in [0.25, 0.3) is 0 Å². The molecule has 1 aliphatic rings. The number of aromatic nitrogens is 3. The number of rotatable bonds is 5. The number of aromatic carboxylic acids is 1. The first-order valence-corrected chi connectivity index (χ1v) is 13.8. The first kappa shape index (κ1) is 33.8. The number of carboxylic acids is 2. The van der Waals surface area contributed by atoms with E-state index in [1.165, 1.54) is 23.5 Å². The number of nitrogens with zero attached hydrogens (tertiary/aromatic N) is 4. The predicted molar refractivity (Wildman–Crippen MR) is 150 cm³/mol. The molecule has 1 aromatic carbocycles. The molecule has 0 fully saturated rings. The Bertz CT molecular complexity index is 1850. The molecule has 3 heterocycles. The molecule has 17 heteroatoms. The Hall–Kier alpha value is -5.08. The first-order chi connectivity index (χ1) is 21.4. The fourth-order valence-electron chi connectivity index (χ4n) is 4.73. The molecule has 0 saturated heterocycles. The van der Waals surface area contributed by atoms with Crippen molar-refractivity contribution >= 4 is 34.9 Å². The van der Waals surface area contributed by atoms with Gasteiger partial charge in [-0.3, -0.25) is 0 Å². The Morgan fingerprint density at radius 1 is 1.04 bits per heavy atom. The van der Waals surface area contributed by atoms with Crippen LogP contribution >= 0.6 is 11.3 Å². The number of carboxylic acid groups (broad SMARTS) is 2. The van der Waals surface area contributed by atoms with E-state index in [0.29, 0.717) is 46.0 Å². The molecule has 0 aliphatic heterocycles. The second kappa shape index (κ2) is 12.7. The van der Waals surface area contributed by atoms with Crippen molar-refractivity contribution in [2.24, 2.45) is 0 Å². The predicted octanol–water partition coefficient (Wildman–Crippen LogP) is 6.45. The van der Waals surface area contributed by atoms with Crippen LogP contribution in [0.25, 0.3) is 10.6 Å². The third kappa shape index (κ3) is 7.24. The van der Waals surface area contributed by atoms with Crippen LogP contribution in [-0.2, 0) is 23.0 Å². The lowest BCUT2D eigenvalue weighted by atomic mass is 9.77. The van der Waals surface area contributed by atoms with Gasteiger partial charge in [-0.1, -0.05) is 6.07 Å². The highest BCUT2D eigenvalue weighted by molar-refractivity contribution is 7.15. The largest absolute Gasteiger partial charge is 0.490 e. The Kier molecular flexibility index (Phi) is 9.36. The minimum atomic E-state index is -5.08. The van der Waals surface area contributed by atoms with Crippen LogP contribution in [0.4, 0.5) is 38.0 Å². The van der Waals surface area contributed by atoms with Crippen molar-refractivity contribution in [2.75, 3.05) is 5.32 Å². The summed E-state index contributed by atoms with van der Waals surface area (Å²) in [6.07, 6.45) is -5.66. The van der Waals surface area contributed by atoms with E-state index in [1.807, 2.05) is 13.0 Å². The molecule has 0 bridgehead atoms. The summed E-state index contributed by atoms with van der Waals surface area (Å²) in [5.41, 5.74) is -0.211. The molecule has 3 aromatic heterocycles. The molecular formula is C29H21F6N5O5S. The van der Waals surface area contributed by atoms with Crippen LogP contribution in [0.5, 0.6) is 0 Å². The molecule has 1 atom stereocenters. The summed E-state index contributed by atoms with van der Waals surface area (Å²) in [7, 11) is 0. The smallest absolute Gasteiger partial charge is 0.478 e. The second-order valence-corrected chi connectivity index (χ2v) is 11.0. The number of halogens is 6. The van der Waals surface area contributed by atoms with Crippen LogP contribution < -0.4 is 5.32 Å². The second-order valence-electron chi connectivity index (χ2n) is 9.95. The van der Waals surface area contributed by atoms with Gasteiger partial charge in [-0.05, 0) is 73.2 Å². The Morgan fingerprint density at radius 3 is 2.35 bits per heavy atom. The number of aryl methyl sites for hydroxylation is 1. The SMILES string of the molecule is Cc1cc(Nc2cc(C(F)(F)F)ccn2)nc(-c2cnc(C3(O)CCCc4c3ccc(C(=O)O)c4C#N)s2)c1.O=C(O)C(F)(F)F. The van der Waals surface area contributed by atoms with Crippen molar-refractivity contribution in [3.63, 3.8) is 0 Å². The summed E-state index contributed by atoms with van der Waals surface area (Å²) >= 11 is 1.19. The summed E-state index contributed by atoms with van der Waals surface area (Å²) < 4.78 is 71.0. The number of pyridine rings is 2. The number of nitrogens with one attached hydrogen (secondary N) is 1. The van der Waals surface area contributed by atoms with Gasteiger partial charge in [0.05, 0.1) is 27.3 Å². The van der Waals surface area contributed by atoms with Gasteiger partial charge in [0.15, 0.2) is 0 Å². The average Bonchev–Trinajstić information content (AvgIpc) is 3.47. The molecule has 1 aliphatic carbocycles. The number of aliphatic carboxylic acids is 1. The van der Waals surface area contributed by atoms with Gasteiger partial charge >= 0.3 is 24.3 Å². The van der Waals surface area contributed by atoms with E-state index >= 15 is 0 Å². The van der Waals surface area contributed by atoms with Gasteiger partial charge in [-0.25, -0.2) is 24.5 Å². The van der Waals surface area contributed by atoms with Crippen LogP contribution in [0.15, 0.2) is 48.8 Å². The number of aliphatic hydroxyl groups is 1. The van der Waals surface area contributed by atoms with Gasteiger partial charge in [0.1, 0.15) is 28.3 Å². The summed E-state index contributed by atoms with van der Waals surface area (Å²) in [5, 5.41) is 41.2. The molecular weight excluding hydrogens is 644 g/mol. The van der Waals surface area contributed by atoms with Crippen LogP contribution in [0.3, 0.4) is 0 Å². The summed E-state index contributed by atoms with van der Waals surface area (Å²) in [4.78, 5) is 34.0. The highest BCUT2D eigenvalue weighted by Gasteiger charge is 2.41. The number of anilines is 2. The monoisotopic (exact) mass is 665 g/mol. The van der Waals surface area contributed by atoms with E-state index in [4.69, 9.17) is 9.90 Å². The van der Waals surface area contributed by atoms with Crippen molar-refractivity contribution in [1.82, 2.24) is 15.0 Å². The lowest BCUT2D eigenvalue weighted by Gasteiger charge is -2.33. The highest BCUT2D eigenvalue weighted by atomic mass is 32.1. The molecule has 10 nitrogen and oxygen atoms in total. The number of alkyl halides is 6. The first-order valence-electron chi connectivity index (χ1n) is 13.0. The molecule has 46 heavy (non-hydrogen) atoms. The number of hydrogen-bond acceptors (Lipinski definition) is 9.